The molecule has 1 amide bonds. The van der Waals surface area contributed by atoms with Crippen LogP contribution in [-0.2, 0) is 13.0 Å². The van der Waals surface area contributed by atoms with Crippen LogP contribution in [0.2, 0.25) is 0 Å². The summed E-state index contributed by atoms with van der Waals surface area (Å²) in [5.41, 5.74) is 3.52. The monoisotopic (exact) mass is 336 g/mol. The van der Waals surface area contributed by atoms with Gasteiger partial charge < -0.3 is 9.84 Å². The lowest BCUT2D eigenvalue weighted by Crippen LogP contribution is -2.23. The first-order valence-corrected chi connectivity index (χ1v) is 8.18. The summed E-state index contributed by atoms with van der Waals surface area (Å²) < 4.78 is 5.17. The fourth-order valence-corrected chi connectivity index (χ4v) is 2.50. The average Bonchev–Trinajstić information content (AvgIpc) is 3.10. The van der Waals surface area contributed by atoms with Gasteiger partial charge in [0.1, 0.15) is 0 Å². The van der Waals surface area contributed by atoms with Crippen molar-refractivity contribution < 1.29 is 9.32 Å². The molecule has 25 heavy (non-hydrogen) atoms. The number of aryl methyl sites for hydroxylation is 1. The number of hydrogen-bond donors (Lipinski definition) is 1. The van der Waals surface area contributed by atoms with Gasteiger partial charge >= 0.3 is 0 Å². The third-order valence-corrected chi connectivity index (χ3v) is 3.93. The number of carbonyl (C=O) groups is 1. The molecule has 0 radical (unpaired) electrons. The molecule has 0 saturated carbocycles. The molecule has 1 atom stereocenters. The molecule has 0 spiro atoms. The number of hydrogen-bond acceptors (Lipinski definition) is 5. The Morgan fingerprint density at radius 3 is 2.68 bits per heavy atom. The molecule has 3 rings (SSSR count). The summed E-state index contributed by atoms with van der Waals surface area (Å²) in [6, 6.07) is 11.9. The third-order valence-electron chi connectivity index (χ3n) is 3.93. The highest BCUT2D eigenvalue weighted by atomic mass is 16.5. The Bertz CT molecular complexity index is 828. The normalized spacial score (nSPS) is 11.9. The van der Waals surface area contributed by atoms with E-state index in [-0.39, 0.29) is 11.7 Å². The topological polar surface area (TPSA) is 80.9 Å². The van der Waals surface area contributed by atoms with Crippen LogP contribution in [0, 0.1) is 6.92 Å². The van der Waals surface area contributed by atoms with Crippen molar-refractivity contribution in [2.75, 3.05) is 0 Å². The Morgan fingerprint density at radius 1 is 1.16 bits per heavy atom. The Morgan fingerprint density at radius 2 is 1.96 bits per heavy atom. The van der Waals surface area contributed by atoms with E-state index in [1.54, 1.807) is 18.5 Å². The maximum atomic E-state index is 12.2. The fraction of sp³-hybridized carbons (Fsp3) is 0.263. The number of carbonyl (C=O) groups excluding carboxylic acids is 1. The van der Waals surface area contributed by atoms with E-state index in [0.717, 1.165) is 11.4 Å². The average molecular weight is 336 g/mol. The fourth-order valence-electron chi connectivity index (χ4n) is 2.50. The molecule has 1 aromatic carbocycles. The van der Waals surface area contributed by atoms with Gasteiger partial charge in [0.2, 0.25) is 5.76 Å². The molecule has 0 aliphatic heterocycles. The highest BCUT2D eigenvalue weighted by molar-refractivity contribution is 5.91. The van der Waals surface area contributed by atoms with Crippen LogP contribution in [0.5, 0.6) is 0 Å². The zero-order chi connectivity index (χ0) is 17.6. The molecule has 0 saturated heterocycles. The van der Waals surface area contributed by atoms with Crippen LogP contribution in [0.4, 0.5) is 0 Å². The number of rotatable bonds is 6. The Labute approximate surface area is 146 Å². The van der Waals surface area contributed by atoms with E-state index in [1.807, 2.05) is 25.1 Å². The number of nitrogens with one attached hydrogen (secondary N) is 1. The van der Waals surface area contributed by atoms with Crippen LogP contribution in [0.1, 0.15) is 46.0 Å². The summed E-state index contributed by atoms with van der Waals surface area (Å²) in [5, 5.41) is 6.76. The van der Waals surface area contributed by atoms with Crippen molar-refractivity contribution in [2.24, 2.45) is 0 Å². The number of aromatic nitrogens is 3. The van der Waals surface area contributed by atoms with E-state index < -0.39 is 0 Å². The zero-order valence-electron chi connectivity index (χ0n) is 14.3. The highest BCUT2D eigenvalue weighted by Gasteiger charge is 2.15. The Balaban J connectivity index is 1.57. The van der Waals surface area contributed by atoms with Crippen molar-refractivity contribution in [3.8, 4) is 0 Å². The predicted molar refractivity (Wildman–Crippen MR) is 93.0 cm³/mol. The van der Waals surface area contributed by atoms with Crippen LogP contribution >= 0.6 is 0 Å². The highest BCUT2D eigenvalue weighted by Crippen LogP contribution is 2.20. The van der Waals surface area contributed by atoms with Crippen LogP contribution in [-0.4, -0.2) is 21.0 Å². The van der Waals surface area contributed by atoms with E-state index in [4.69, 9.17) is 4.52 Å². The van der Waals surface area contributed by atoms with E-state index in [0.29, 0.717) is 24.6 Å². The van der Waals surface area contributed by atoms with E-state index >= 15 is 0 Å². The number of amides is 1. The van der Waals surface area contributed by atoms with Gasteiger partial charge in [-0.25, -0.2) is 0 Å². The van der Waals surface area contributed by atoms with Gasteiger partial charge in [0.05, 0.1) is 29.8 Å². The molecule has 3 aromatic rings. The van der Waals surface area contributed by atoms with Gasteiger partial charge in [-0.2, -0.15) is 0 Å². The second-order valence-corrected chi connectivity index (χ2v) is 6.03. The van der Waals surface area contributed by atoms with Gasteiger partial charge in [-0.05, 0) is 24.8 Å². The van der Waals surface area contributed by atoms with Gasteiger partial charge in [-0.15, -0.1) is 0 Å². The maximum Gasteiger partial charge on any atom is 0.290 e. The predicted octanol–water partition coefficient (Wildman–Crippen LogP) is 3.05. The lowest BCUT2D eigenvalue weighted by molar-refractivity contribution is 0.0913. The first-order chi connectivity index (χ1) is 12.1. The summed E-state index contributed by atoms with van der Waals surface area (Å²) in [6.07, 6.45) is 4.02. The molecule has 0 unspecified atom stereocenters. The molecule has 2 heterocycles. The van der Waals surface area contributed by atoms with Crippen molar-refractivity contribution in [1.82, 2.24) is 20.4 Å². The summed E-state index contributed by atoms with van der Waals surface area (Å²) >= 11 is 0. The third kappa shape index (κ3) is 4.50. The lowest BCUT2D eigenvalue weighted by Gasteiger charge is -2.08. The van der Waals surface area contributed by atoms with E-state index in [2.05, 4.69) is 39.5 Å². The summed E-state index contributed by atoms with van der Waals surface area (Å²) in [6.45, 7) is 4.28. The molecule has 1 N–H and O–H groups in total. The number of benzene rings is 1. The van der Waals surface area contributed by atoms with Crippen molar-refractivity contribution in [2.45, 2.75) is 32.7 Å². The van der Waals surface area contributed by atoms with Crippen LogP contribution in [0.15, 0.2) is 53.3 Å². The first-order valence-electron chi connectivity index (χ1n) is 8.18. The molecule has 2 aromatic heterocycles. The van der Waals surface area contributed by atoms with Gasteiger partial charge in [-0.3, -0.25) is 14.8 Å². The molecule has 0 bridgehead atoms. The van der Waals surface area contributed by atoms with E-state index in [9.17, 15) is 4.79 Å². The van der Waals surface area contributed by atoms with E-state index in [1.165, 1.54) is 5.56 Å². The zero-order valence-corrected chi connectivity index (χ0v) is 14.3. The molecule has 6 heteroatoms. The van der Waals surface area contributed by atoms with Gasteiger partial charge in [0.15, 0.2) is 0 Å². The largest absolute Gasteiger partial charge is 0.351 e. The second kappa shape index (κ2) is 7.70. The lowest BCUT2D eigenvalue weighted by atomic mass is 9.96. The first kappa shape index (κ1) is 16.8. The minimum Gasteiger partial charge on any atom is -0.351 e. The maximum absolute atomic E-state index is 12.2. The standard InChI is InChI=1S/C19H20N4O2/c1-13(15-6-4-3-5-7-15)8-16-9-18(25-23-16)19(24)22-12-17-11-20-14(2)10-21-17/h3-7,9-11,13H,8,12H2,1-2H3,(H,22,24)/t13-/m1/s1. The summed E-state index contributed by atoms with van der Waals surface area (Å²) in [5.74, 6) is 0.189. The quantitative estimate of drug-likeness (QED) is 0.748. The van der Waals surface area contributed by atoms with Crippen molar-refractivity contribution in [3.05, 3.63) is 77.2 Å². The summed E-state index contributed by atoms with van der Waals surface area (Å²) in [7, 11) is 0. The molecule has 128 valence electrons. The summed E-state index contributed by atoms with van der Waals surface area (Å²) in [4.78, 5) is 20.5. The van der Waals surface area contributed by atoms with Gasteiger partial charge in [0.25, 0.3) is 5.91 Å². The molecule has 0 fully saturated rings. The Kier molecular flexibility index (Phi) is 5.18. The van der Waals surface area contributed by atoms with Crippen LogP contribution in [0.25, 0.3) is 0 Å². The molecule has 0 aliphatic rings. The van der Waals surface area contributed by atoms with Crippen molar-refractivity contribution >= 4 is 5.91 Å². The minimum absolute atomic E-state index is 0.204. The number of nitrogens with zero attached hydrogens (tertiary/aromatic N) is 3. The smallest absolute Gasteiger partial charge is 0.290 e. The van der Waals surface area contributed by atoms with Crippen molar-refractivity contribution in [1.29, 1.82) is 0 Å². The van der Waals surface area contributed by atoms with Gasteiger partial charge in [-0.1, -0.05) is 42.4 Å². The van der Waals surface area contributed by atoms with Gasteiger partial charge in [0, 0.05) is 12.3 Å². The second-order valence-electron chi connectivity index (χ2n) is 6.03. The minimum atomic E-state index is -0.312. The molecular formula is C19H20N4O2. The van der Waals surface area contributed by atoms with Crippen LogP contribution < -0.4 is 5.32 Å². The molecule has 0 aliphatic carbocycles. The van der Waals surface area contributed by atoms with Crippen LogP contribution in [0.3, 0.4) is 0 Å². The van der Waals surface area contributed by atoms with Crippen molar-refractivity contribution in [3.63, 3.8) is 0 Å². The molecule has 6 nitrogen and oxygen atoms in total. The SMILES string of the molecule is Cc1cnc(CNC(=O)c2cc(C[C@@H](C)c3ccccc3)no2)cn1. The molecular weight excluding hydrogens is 316 g/mol. The Hall–Kier alpha value is -3.02.